The molecule has 2 aliphatic carbocycles. The highest BCUT2D eigenvalue weighted by atomic mass is 19.4. The Morgan fingerprint density at radius 3 is 1.75 bits per heavy atom. The molecule has 2 heterocycles. The lowest BCUT2D eigenvalue weighted by molar-refractivity contribution is -0.138. The molecule has 9 rings (SSSR count). The van der Waals surface area contributed by atoms with Gasteiger partial charge in [0.2, 0.25) is 5.78 Å². The predicted octanol–water partition coefficient (Wildman–Crippen LogP) is 10.6. The zero-order valence-electron chi connectivity index (χ0n) is 29.2. The molecule has 10 heteroatoms. The summed E-state index contributed by atoms with van der Waals surface area (Å²) in [5, 5.41) is 14.2. The number of aliphatic hydroxyl groups is 1. The second kappa shape index (κ2) is 12.9. The molecule has 5 aromatic carbocycles. The molecule has 4 nitrogen and oxygen atoms in total. The molecule has 2 aromatic heterocycles. The van der Waals surface area contributed by atoms with E-state index in [1.54, 1.807) is 106 Å². The van der Waals surface area contributed by atoms with Crippen molar-refractivity contribution in [2.45, 2.75) is 18.8 Å². The van der Waals surface area contributed by atoms with E-state index in [0.717, 1.165) is 24.3 Å². The number of Topliss-reactive ketones (excluding diaryl/α,β-unsaturated/α-hetero) is 1. The molecule has 0 bridgehead atoms. The average Bonchev–Trinajstić information content (AvgIpc) is 3.71. The van der Waals surface area contributed by atoms with E-state index in [4.69, 9.17) is 0 Å². The van der Waals surface area contributed by atoms with E-state index in [2.05, 4.69) is 0 Å². The molecule has 2 aliphatic rings. The molecular formula is C46H28F6N2O2. The number of hydrogen-bond acceptors (Lipinski definition) is 2. The van der Waals surface area contributed by atoms with Crippen LogP contribution in [0.4, 0.5) is 26.3 Å². The first-order chi connectivity index (χ1) is 26.9. The molecule has 0 fully saturated rings. The lowest BCUT2D eigenvalue weighted by atomic mass is 9.80. The Morgan fingerprint density at radius 2 is 1.16 bits per heavy atom. The number of allylic oxidation sites excluding steroid dienone is 6. The summed E-state index contributed by atoms with van der Waals surface area (Å²) in [7, 11) is 0. The van der Waals surface area contributed by atoms with Gasteiger partial charge in [0.25, 0.3) is 0 Å². The Balaban J connectivity index is 1.40. The van der Waals surface area contributed by atoms with Crippen LogP contribution in [0.15, 0.2) is 157 Å². The molecule has 56 heavy (non-hydrogen) atoms. The first kappa shape index (κ1) is 34.9. The maximum absolute atomic E-state index is 14.9. The summed E-state index contributed by atoms with van der Waals surface area (Å²) in [5.74, 6) is -0.848. The third-order valence-corrected chi connectivity index (χ3v) is 10.3. The lowest BCUT2D eigenvalue weighted by Gasteiger charge is -2.23. The van der Waals surface area contributed by atoms with Gasteiger partial charge in [-0.1, -0.05) is 103 Å². The number of para-hydroxylation sites is 2. The summed E-state index contributed by atoms with van der Waals surface area (Å²) in [6, 6.07) is 32.9. The van der Waals surface area contributed by atoms with Crippen molar-refractivity contribution >= 4 is 44.3 Å². The number of alkyl halides is 6. The van der Waals surface area contributed by atoms with Gasteiger partial charge in [-0.2, -0.15) is 26.3 Å². The number of carbonyl (C=O) groups excluding carboxylic acids is 1. The molecule has 276 valence electrons. The molecule has 7 aromatic rings. The summed E-state index contributed by atoms with van der Waals surface area (Å²) in [5.41, 5.74) is 1.79. The molecule has 0 unspecified atom stereocenters. The van der Waals surface area contributed by atoms with E-state index < -0.39 is 29.3 Å². The topological polar surface area (TPSA) is 47.2 Å². The Bertz CT molecular complexity index is 2990. The summed E-state index contributed by atoms with van der Waals surface area (Å²) < 4.78 is 87.5. The number of rotatable bonds is 4. The Kier molecular flexibility index (Phi) is 8.05. The molecule has 0 radical (unpaired) electrons. The Labute approximate surface area is 315 Å². The fourth-order valence-corrected chi connectivity index (χ4v) is 7.89. The summed E-state index contributed by atoms with van der Waals surface area (Å²) >= 11 is 0. The number of ketones is 1. The van der Waals surface area contributed by atoms with Crippen LogP contribution in [0.3, 0.4) is 0 Å². The fraction of sp³-hybridized carbons (Fsp3) is 0.0652. The zero-order chi connectivity index (χ0) is 38.9. The second-order valence-electron chi connectivity index (χ2n) is 13.6. The minimum absolute atomic E-state index is 0.0118. The highest BCUT2D eigenvalue weighted by molar-refractivity contribution is 6.53. The number of nitrogens with zero attached hydrogens (tertiary/aromatic N) is 2. The van der Waals surface area contributed by atoms with Gasteiger partial charge in [-0.25, -0.2) is 0 Å². The van der Waals surface area contributed by atoms with Crippen molar-refractivity contribution in [2.75, 3.05) is 0 Å². The van der Waals surface area contributed by atoms with Gasteiger partial charge in [0, 0.05) is 32.9 Å². The van der Waals surface area contributed by atoms with Crippen LogP contribution >= 0.6 is 0 Å². The van der Waals surface area contributed by atoms with Gasteiger partial charge >= 0.3 is 12.4 Å². The van der Waals surface area contributed by atoms with Gasteiger partial charge in [0.15, 0.2) is 0 Å². The van der Waals surface area contributed by atoms with E-state index in [-0.39, 0.29) is 28.3 Å². The Morgan fingerprint density at radius 1 is 0.589 bits per heavy atom. The standard InChI is InChI=1S/C46H28F6N2O2/c47-45(48,49)29-17-11-19-31(25-29)53-35-23-9-7-21-33(35)37(41(53)27-13-3-1-4-14-27)39-43(55)40(44(39)56)38-34-22-8-10-24-36(34)54(42(38)28-15-5-2-6-16-28)32-20-12-18-30(26-32)46(50,51)52/h1-15,17-26,55H,16H2/b40-38-,42-28?. The van der Waals surface area contributed by atoms with Crippen molar-refractivity contribution in [3.05, 3.63) is 185 Å². The fourth-order valence-electron chi connectivity index (χ4n) is 7.89. The lowest BCUT2D eigenvalue weighted by Crippen LogP contribution is -2.38. The van der Waals surface area contributed by atoms with Crippen molar-refractivity contribution in [3.63, 3.8) is 0 Å². The van der Waals surface area contributed by atoms with Crippen LogP contribution in [0, 0.1) is 0 Å². The number of aromatic nitrogens is 2. The van der Waals surface area contributed by atoms with Crippen LogP contribution in [0.1, 0.15) is 23.1 Å². The third-order valence-electron chi connectivity index (χ3n) is 10.3. The van der Waals surface area contributed by atoms with E-state index >= 15 is 0 Å². The van der Waals surface area contributed by atoms with Gasteiger partial charge < -0.3 is 14.2 Å². The van der Waals surface area contributed by atoms with Crippen molar-refractivity contribution in [1.82, 2.24) is 9.13 Å². The molecule has 0 amide bonds. The predicted molar refractivity (Wildman–Crippen MR) is 206 cm³/mol. The zero-order valence-corrected chi connectivity index (χ0v) is 29.2. The third kappa shape index (κ3) is 5.51. The number of aliphatic hydroxyl groups excluding tert-OH is 1. The van der Waals surface area contributed by atoms with E-state index in [0.29, 0.717) is 61.2 Å². The SMILES string of the molecule is O=C1C(c2c(-c3ccccc3)n(-c3cccc(C(F)(F)F)c3)c3ccccc23)=C(O)/C1=c1/c(=C2C=CC=CC2)n(-c2cccc(C(F)(F)F)c2)c2ccccc12. The normalized spacial score (nSPS) is 16.6. The van der Waals surface area contributed by atoms with Gasteiger partial charge in [0.1, 0.15) is 5.76 Å². The van der Waals surface area contributed by atoms with E-state index in [1.807, 2.05) is 18.2 Å². The van der Waals surface area contributed by atoms with Crippen molar-refractivity contribution in [3.8, 4) is 22.6 Å². The Hall–Kier alpha value is -6.81. The van der Waals surface area contributed by atoms with Crippen LogP contribution in [0.5, 0.6) is 0 Å². The number of hydrogen-bond donors (Lipinski definition) is 1. The van der Waals surface area contributed by atoms with E-state index in [9.17, 15) is 36.2 Å². The number of fused-ring (bicyclic) bond motifs is 2. The molecule has 1 N–H and O–H groups in total. The van der Waals surface area contributed by atoms with Crippen molar-refractivity contribution < 1.29 is 36.2 Å². The van der Waals surface area contributed by atoms with E-state index in [1.165, 1.54) is 12.1 Å². The maximum Gasteiger partial charge on any atom is 0.416 e. The molecular weight excluding hydrogens is 727 g/mol. The minimum Gasteiger partial charge on any atom is -0.506 e. The summed E-state index contributed by atoms with van der Waals surface area (Å²) in [6.07, 6.45) is -1.43. The number of benzene rings is 5. The maximum atomic E-state index is 14.9. The van der Waals surface area contributed by atoms with Crippen LogP contribution in [0.2, 0.25) is 0 Å². The minimum atomic E-state index is -4.62. The summed E-state index contributed by atoms with van der Waals surface area (Å²) in [6.45, 7) is 0. The van der Waals surface area contributed by atoms with Gasteiger partial charge in [-0.3, -0.25) is 4.79 Å². The summed E-state index contributed by atoms with van der Waals surface area (Å²) in [4.78, 5) is 14.9. The molecule has 0 atom stereocenters. The quantitative estimate of drug-likeness (QED) is 0.182. The van der Waals surface area contributed by atoms with Crippen LogP contribution in [0.25, 0.3) is 61.2 Å². The number of carbonyl (C=O) groups is 1. The van der Waals surface area contributed by atoms with Crippen LogP contribution in [-0.2, 0) is 17.1 Å². The van der Waals surface area contributed by atoms with Crippen LogP contribution in [-0.4, -0.2) is 20.0 Å². The monoisotopic (exact) mass is 754 g/mol. The smallest absolute Gasteiger partial charge is 0.416 e. The van der Waals surface area contributed by atoms with Gasteiger partial charge in [-0.15, -0.1) is 0 Å². The highest BCUT2D eigenvalue weighted by Crippen LogP contribution is 2.47. The molecule has 0 spiro atoms. The van der Waals surface area contributed by atoms with Crippen molar-refractivity contribution in [1.29, 1.82) is 0 Å². The second-order valence-corrected chi connectivity index (χ2v) is 13.6. The number of halogens is 6. The highest BCUT2D eigenvalue weighted by Gasteiger charge is 2.41. The molecule has 0 saturated carbocycles. The van der Waals surface area contributed by atoms with Gasteiger partial charge in [-0.05, 0) is 66.1 Å². The average molecular weight is 755 g/mol. The van der Waals surface area contributed by atoms with Crippen molar-refractivity contribution in [2.24, 2.45) is 0 Å². The first-order valence-electron chi connectivity index (χ1n) is 17.7. The first-order valence-corrected chi connectivity index (χ1v) is 17.7. The molecule has 0 aliphatic heterocycles. The van der Waals surface area contributed by atoms with Crippen LogP contribution < -0.4 is 10.6 Å². The largest absolute Gasteiger partial charge is 0.506 e. The molecule has 0 saturated heterocycles. The van der Waals surface area contributed by atoms with Gasteiger partial charge in [0.05, 0.1) is 44.3 Å².